The van der Waals surface area contributed by atoms with Crippen molar-refractivity contribution in [1.82, 2.24) is 10.2 Å². The van der Waals surface area contributed by atoms with Crippen LogP contribution in [0, 0.1) is 5.92 Å². The smallest absolute Gasteiger partial charge is 0.317 e. The molecule has 0 aliphatic carbocycles. The molecule has 2 N–H and O–H groups in total. The standard InChI is InChI=1S/C14H28N2O3/c1-6-16(12(5)9-13(17)18)14(19)15-11(4)8-7-10(2)3/h10-12H,6-9H2,1-5H3,(H,15,19)(H,17,18). The van der Waals surface area contributed by atoms with Gasteiger partial charge in [0.1, 0.15) is 0 Å². The third-order valence-electron chi connectivity index (χ3n) is 3.15. The fourth-order valence-electron chi connectivity index (χ4n) is 1.97. The molecule has 0 bridgehead atoms. The summed E-state index contributed by atoms with van der Waals surface area (Å²) < 4.78 is 0. The molecular formula is C14H28N2O3. The van der Waals surface area contributed by atoms with E-state index in [2.05, 4.69) is 19.2 Å². The highest BCUT2D eigenvalue weighted by atomic mass is 16.4. The van der Waals surface area contributed by atoms with E-state index in [1.807, 2.05) is 13.8 Å². The molecule has 0 rings (SSSR count). The number of nitrogens with zero attached hydrogens (tertiary/aromatic N) is 1. The molecule has 5 heteroatoms. The number of urea groups is 1. The molecule has 19 heavy (non-hydrogen) atoms. The van der Waals surface area contributed by atoms with Gasteiger partial charge in [0.2, 0.25) is 0 Å². The summed E-state index contributed by atoms with van der Waals surface area (Å²) in [6.45, 7) is 10.4. The maximum atomic E-state index is 12.1. The number of carboxylic acid groups (broad SMARTS) is 1. The third kappa shape index (κ3) is 7.70. The van der Waals surface area contributed by atoms with Gasteiger partial charge in [-0.1, -0.05) is 13.8 Å². The van der Waals surface area contributed by atoms with Crippen LogP contribution in [0.1, 0.15) is 53.9 Å². The molecule has 0 aliphatic heterocycles. The molecular weight excluding hydrogens is 244 g/mol. The highest BCUT2D eigenvalue weighted by Crippen LogP contribution is 2.08. The summed E-state index contributed by atoms with van der Waals surface area (Å²) in [6.07, 6.45) is 1.98. The van der Waals surface area contributed by atoms with Crippen LogP contribution in [0.2, 0.25) is 0 Å². The van der Waals surface area contributed by atoms with E-state index in [0.29, 0.717) is 12.5 Å². The molecule has 0 aromatic carbocycles. The van der Waals surface area contributed by atoms with Crippen LogP contribution in [0.3, 0.4) is 0 Å². The molecule has 0 saturated carbocycles. The summed E-state index contributed by atoms with van der Waals surface area (Å²) in [5, 5.41) is 11.7. The maximum absolute atomic E-state index is 12.1. The monoisotopic (exact) mass is 272 g/mol. The van der Waals surface area contributed by atoms with Crippen LogP contribution in [0.5, 0.6) is 0 Å². The van der Waals surface area contributed by atoms with E-state index in [1.165, 1.54) is 0 Å². The lowest BCUT2D eigenvalue weighted by atomic mass is 10.0. The van der Waals surface area contributed by atoms with Crippen LogP contribution in [0.15, 0.2) is 0 Å². The van der Waals surface area contributed by atoms with E-state index in [9.17, 15) is 9.59 Å². The van der Waals surface area contributed by atoms with E-state index in [4.69, 9.17) is 5.11 Å². The molecule has 0 aliphatic rings. The largest absolute Gasteiger partial charge is 0.481 e. The molecule has 0 spiro atoms. The van der Waals surface area contributed by atoms with Crippen molar-refractivity contribution < 1.29 is 14.7 Å². The molecule has 5 nitrogen and oxygen atoms in total. The Morgan fingerprint density at radius 2 is 1.74 bits per heavy atom. The Labute approximate surface area is 116 Å². The molecule has 2 atom stereocenters. The topological polar surface area (TPSA) is 69.6 Å². The average molecular weight is 272 g/mol. The van der Waals surface area contributed by atoms with Gasteiger partial charge < -0.3 is 15.3 Å². The first-order chi connectivity index (χ1) is 8.77. The van der Waals surface area contributed by atoms with Crippen LogP contribution in [-0.2, 0) is 4.79 Å². The Kier molecular flexibility index (Phi) is 8.19. The first-order valence-corrected chi connectivity index (χ1v) is 7.06. The molecule has 0 aromatic rings. The van der Waals surface area contributed by atoms with E-state index < -0.39 is 5.97 Å². The van der Waals surface area contributed by atoms with Gasteiger partial charge in [-0.25, -0.2) is 4.79 Å². The number of amides is 2. The van der Waals surface area contributed by atoms with Crippen molar-refractivity contribution in [2.75, 3.05) is 6.54 Å². The zero-order valence-corrected chi connectivity index (χ0v) is 12.8. The lowest BCUT2D eigenvalue weighted by Gasteiger charge is -2.29. The Hall–Kier alpha value is -1.26. The second-order valence-electron chi connectivity index (χ2n) is 5.55. The molecule has 112 valence electrons. The van der Waals surface area contributed by atoms with Crippen LogP contribution in [0.25, 0.3) is 0 Å². The quantitative estimate of drug-likeness (QED) is 0.713. The van der Waals surface area contributed by atoms with Gasteiger partial charge in [0.25, 0.3) is 0 Å². The van der Waals surface area contributed by atoms with Gasteiger partial charge in [-0.05, 0) is 39.5 Å². The highest BCUT2D eigenvalue weighted by molar-refractivity contribution is 5.76. The van der Waals surface area contributed by atoms with E-state index in [1.54, 1.807) is 11.8 Å². The molecule has 0 saturated heterocycles. The predicted octanol–water partition coefficient (Wildman–Crippen LogP) is 2.71. The Morgan fingerprint density at radius 1 is 1.16 bits per heavy atom. The minimum absolute atomic E-state index is 0.0262. The Bertz CT molecular complexity index is 292. The van der Waals surface area contributed by atoms with Crippen molar-refractivity contribution in [2.45, 2.75) is 66.0 Å². The maximum Gasteiger partial charge on any atom is 0.317 e. The molecule has 0 aromatic heterocycles. The lowest BCUT2D eigenvalue weighted by molar-refractivity contribution is -0.138. The van der Waals surface area contributed by atoms with Crippen molar-refractivity contribution in [2.24, 2.45) is 5.92 Å². The fourth-order valence-corrected chi connectivity index (χ4v) is 1.97. The summed E-state index contributed by atoms with van der Waals surface area (Å²) >= 11 is 0. The SMILES string of the molecule is CCN(C(=O)NC(C)CCC(C)C)C(C)CC(=O)O. The van der Waals surface area contributed by atoms with Gasteiger partial charge in [0, 0.05) is 18.6 Å². The molecule has 0 fully saturated rings. The van der Waals surface area contributed by atoms with E-state index >= 15 is 0 Å². The Morgan fingerprint density at radius 3 is 2.16 bits per heavy atom. The van der Waals surface area contributed by atoms with Gasteiger partial charge >= 0.3 is 12.0 Å². The predicted molar refractivity (Wildman–Crippen MR) is 76.2 cm³/mol. The number of carboxylic acids is 1. The minimum atomic E-state index is -0.883. The highest BCUT2D eigenvalue weighted by Gasteiger charge is 2.21. The summed E-state index contributed by atoms with van der Waals surface area (Å²) in [7, 11) is 0. The molecule has 0 radical (unpaired) electrons. The third-order valence-corrected chi connectivity index (χ3v) is 3.15. The van der Waals surface area contributed by atoms with Gasteiger partial charge in [0.05, 0.1) is 6.42 Å². The fraction of sp³-hybridized carbons (Fsp3) is 0.857. The van der Waals surface area contributed by atoms with Crippen LogP contribution >= 0.6 is 0 Å². The number of hydrogen-bond donors (Lipinski definition) is 2. The van der Waals surface area contributed by atoms with Crippen molar-refractivity contribution in [3.8, 4) is 0 Å². The van der Waals surface area contributed by atoms with Gasteiger partial charge in [-0.3, -0.25) is 4.79 Å². The van der Waals surface area contributed by atoms with Crippen LogP contribution < -0.4 is 5.32 Å². The van der Waals surface area contributed by atoms with Crippen LogP contribution in [0.4, 0.5) is 4.79 Å². The normalized spacial score (nSPS) is 14.0. The number of aliphatic carboxylic acids is 1. The first-order valence-electron chi connectivity index (χ1n) is 7.06. The van der Waals surface area contributed by atoms with Crippen molar-refractivity contribution in [3.63, 3.8) is 0 Å². The number of carbonyl (C=O) groups excluding carboxylic acids is 1. The van der Waals surface area contributed by atoms with Crippen molar-refractivity contribution in [3.05, 3.63) is 0 Å². The Balaban J connectivity index is 4.30. The first kappa shape index (κ1) is 17.7. The molecule has 2 unspecified atom stereocenters. The summed E-state index contributed by atoms with van der Waals surface area (Å²) in [5.41, 5.74) is 0. The summed E-state index contributed by atoms with van der Waals surface area (Å²) in [6, 6.07) is -0.353. The van der Waals surface area contributed by atoms with Crippen molar-refractivity contribution in [1.29, 1.82) is 0 Å². The summed E-state index contributed by atoms with van der Waals surface area (Å²) in [5.74, 6) is -0.265. The van der Waals surface area contributed by atoms with Gasteiger partial charge in [0.15, 0.2) is 0 Å². The number of hydrogen-bond acceptors (Lipinski definition) is 2. The van der Waals surface area contributed by atoms with Crippen LogP contribution in [-0.4, -0.2) is 40.6 Å². The lowest BCUT2D eigenvalue weighted by Crippen LogP contribution is -2.48. The average Bonchev–Trinajstić information content (AvgIpc) is 2.26. The number of rotatable bonds is 8. The number of carbonyl (C=O) groups is 2. The molecule has 0 heterocycles. The minimum Gasteiger partial charge on any atom is -0.481 e. The number of nitrogens with one attached hydrogen (secondary N) is 1. The van der Waals surface area contributed by atoms with Crippen molar-refractivity contribution >= 4 is 12.0 Å². The molecule has 2 amide bonds. The van der Waals surface area contributed by atoms with Gasteiger partial charge in [-0.15, -0.1) is 0 Å². The van der Waals surface area contributed by atoms with E-state index in [0.717, 1.165) is 12.8 Å². The van der Waals surface area contributed by atoms with Gasteiger partial charge in [-0.2, -0.15) is 0 Å². The zero-order valence-electron chi connectivity index (χ0n) is 12.8. The summed E-state index contributed by atoms with van der Waals surface area (Å²) in [4.78, 5) is 24.3. The second kappa shape index (κ2) is 8.77. The van der Waals surface area contributed by atoms with E-state index in [-0.39, 0.29) is 24.5 Å². The second-order valence-corrected chi connectivity index (χ2v) is 5.55. The zero-order chi connectivity index (χ0) is 15.0.